The summed E-state index contributed by atoms with van der Waals surface area (Å²) >= 11 is 3.38. The third kappa shape index (κ3) is 2.46. The van der Waals surface area contributed by atoms with Gasteiger partial charge in [0.05, 0.1) is 11.8 Å². The molecule has 0 atom stereocenters. The Hall–Kier alpha value is -2.08. The van der Waals surface area contributed by atoms with E-state index in [0.29, 0.717) is 18.7 Å². The van der Waals surface area contributed by atoms with E-state index in [1.807, 2.05) is 41.2 Å². The van der Waals surface area contributed by atoms with E-state index < -0.39 is 0 Å². The molecule has 0 spiro atoms. The van der Waals surface area contributed by atoms with Crippen molar-refractivity contribution in [3.8, 4) is 0 Å². The number of imidazole rings is 1. The fourth-order valence-electron chi connectivity index (χ4n) is 2.09. The summed E-state index contributed by atoms with van der Waals surface area (Å²) in [6.07, 6.45) is 5.60. The molecule has 0 aliphatic rings. The van der Waals surface area contributed by atoms with Gasteiger partial charge in [0.25, 0.3) is 5.91 Å². The van der Waals surface area contributed by atoms with Crippen LogP contribution in [0.4, 0.5) is 0 Å². The van der Waals surface area contributed by atoms with Crippen molar-refractivity contribution in [3.63, 3.8) is 0 Å². The number of amides is 1. The maximum Gasteiger partial charge on any atom is 0.252 e. The summed E-state index contributed by atoms with van der Waals surface area (Å²) in [6, 6.07) is 9.33. The van der Waals surface area contributed by atoms with E-state index >= 15 is 0 Å². The number of nitrogens with one attached hydrogen (secondary N) is 1. The average molecular weight is 333 g/mol. The van der Waals surface area contributed by atoms with Crippen molar-refractivity contribution in [1.29, 1.82) is 0 Å². The lowest BCUT2D eigenvalue weighted by atomic mass is 10.2. The van der Waals surface area contributed by atoms with Crippen LogP contribution in [0.25, 0.3) is 5.65 Å². The van der Waals surface area contributed by atoms with Crippen molar-refractivity contribution in [2.75, 3.05) is 6.54 Å². The molecule has 6 heteroatoms. The van der Waals surface area contributed by atoms with E-state index in [1.54, 1.807) is 16.8 Å². The molecule has 0 saturated carbocycles. The van der Waals surface area contributed by atoms with E-state index in [9.17, 15) is 4.79 Å². The number of benzene rings is 1. The third-order valence-electron chi connectivity index (χ3n) is 3.09. The molecule has 3 aromatic rings. The number of halogens is 1. The number of rotatable bonds is 4. The summed E-state index contributed by atoms with van der Waals surface area (Å²) in [5, 5.41) is 7.06. The first-order valence-corrected chi connectivity index (χ1v) is 7.06. The first-order valence-electron chi connectivity index (χ1n) is 6.27. The summed E-state index contributed by atoms with van der Waals surface area (Å²) in [5.74, 6) is -0.0749. The summed E-state index contributed by atoms with van der Waals surface area (Å²) in [4.78, 5) is 12.0. The van der Waals surface area contributed by atoms with Crippen LogP contribution >= 0.6 is 15.9 Å². The predicted molar refractivity (Wildman–Crippen MR) is 79.7 cm³/mol. The van der Waals surface area contributed by atoms with Gasteiger partial charge in [-0.25, -0.2) is 4.52 Å². The van der Waals surface area contributed by atoms with E-state index in [0.717, 1.165) is 10.1 Å². The van der Waals surface area contributed by atoms with Crippen molar-refractivity contribution in [2.45, 2.75) is 6.54 Å². The molecule has 0 aliphatic carbocycles. The van der Waals surface area contributed by atoms with Crippen LogP contribution in [0, 0.1) is 0 Å². The topological polar surface area (TPSA) is 51.3 Å². The fourth-order valence-corrected chi connectivity index (χ4v) is 2.55. The van der Waals surface area contributed by atoms with Gasteiger partial charge in [-0.15, -0.1) is 0 Å². The maximum atomic E-state index is 12.0. The molecular weight excluding hydrogens is 320 g/mol. The minimum absolute atomic E-state index is 0.0749. The van der Waals surface area contributed by atoms with Crippen molar-refractivity contribution in [3.05, 3.63) is 59.0 Å². The quantitative estimate of drug-likeness (QED) is 0.797. The van der Waals surface area contributed by atoms with Gasteiger partial charge < -0.3 is 9.88 Å². The Morgan fingerprint density at radius 2 is 2.10 bits per heavy atom. The number of aromatic nitrogens is 3. The molecular formula is C14H13BrN4O. The summed E-state index contributed by atoms with van der Waals surface area (Å²) in [5.41, 5.74) is 1.66. The van der Waals surface area contributed by atoms with Crippen molar-refractivity contribution in [1.82, 2.24) is 19.5 Å². The highest BCUT2D eigenvalue weighted by atomic mass is 79.9. The summed E-state index contributed by atoms with van der Waals surface area (Å²) < 4.78 is 4.65. The van der Waals surface area contributed by atoms with Gasteiger partial charge >= 0.3 is 0 Å². The molecule has 1 amide bonds. The molecule has 2 heterocycles. The molecule has 102 valence electrons. The monoisotopic (exact) mass is 332 g/mol. The second-order valence-electron chi connectivity index (χ2n) is 4.36. The van der Waals surface area contributed by atoms with Gasteiger partial charge in [-0.3, -0.25) is 4.79 Å². The van der Waals surface area contributed by atoms with E-state index in [-0.39, 0.29) is 5.91 Å². The van der Waals surface area contributed by atoms with Gasteiger partial charge in [-0.05, 0) is 28.1 Å². The molecule has 0 unspecified atom stereocenters. The van der Waals surface area contributed by atoms with E-state index in [2.05, 4.69) is 26.3 Å². The molecule has 0 radical (unpaired) electrons. The SMILES string of the molecule is O=C(NCCn1ccn2nccc12)c1ccccc1Br. The Bertz CT molecular complexity index is 746. The predicted octanol–water partition coefficient (Wildman–Crippen LogP) is 2.33. The second-order valence-corrected chi connectivity index (χ2v) is 5.22. The molecule has 0 saturated heterocycles. The van der Waals surface area contributed by atoms with E-state index in [4.69, 9.17) is 0 Å². The highest BCUT2D eigenvalue weighted by Gasteiger charge is 2.08. The average Bonchev–Trinajstić information content (AvgIpc) is 3.03. The zero-order chi connectivity index (χ0) is 13.9. The Morgan fingerprint density at radius 1 is 1.25 bits per heavy atom. The zero-order valence-corrected chi connectivity index (χ0v) is 12.2. The molecule has 20 heavy (non-hydrogen) atoms. The normalized spacial score (nSPS) is 10.8. The minimum Gasteiger partial charge on any atom is -0.350 e. The molecule has 1 aromatic carbocycles. The lowest BCUT2D eigenvalue weighted by Crippen LogP contribution is -2.27. The molecule has 0 fully saturated rings. The number of carbonyl (C=O) groups excluding carboxylic acids is 1. The van der Waals surface area contributed by atoms with Crippen LogP contribution in [0.15, 0.2) is 53.4 Å². The smallest absolute Gasteiger partial charge is 0.252 e. The molecule has 1 N–H and O–H groups in total. The van der Waals surface area contributed by atoms with Crippen LogP contribution < -0.4 is 5.32 Å². The third-order valence-corrected chi connectivity index (χ3v) is 3.78. The number of carbonyl (C=O) groups is 1. The molecule has 5 nitrogen and oxygen atoms in total. The van der Waals surface area contributed by atoms with Crippen molar-refractivity contribution >= 4 is 27.5 Å². The van der Waals surface area contributed by atoms with Crippen LogP contribution in [0.3, 0.4) is 0 Å². The Labute approximate surface area is 124 Å². The first kappa shape index (κ1) is 12.9. The van der Waals surface area contributed by atoms with Gasteiger partial charge in [0, 0.05) is 36.0 Å². The fraction of sp³-hybridized carbons (Fsp3) is 0.143. The molecule has 0 bridgehead atoms. The second kappa shape index (κ2) is 5.50. The zero-order valence-electron chi connectivity index (χ0n) is 10.7. The molecule has 3 rings (SSSR count). The Morgan fingerprint density at radius 3 is 2.95 bits per heavy atom. The summed E-state index contributed by atoms with van der Waals surface area (Å²) in [7, 11) is 0. The van der Waals surface area contributed by atoms with Crippen LogP contribution in [0.5, 0.6) is 0 Å². The molecule has 2 aromatic heterocycles. The highest BCUT2D eigenvalue weighted by molar-refractivity contribution is 9.10. The number of hydrogen-bond acceptors (Lipinski definition) is 2. The molecule has 0 aliphatic heterocycles. The minimum atomic E-state index is -0.0749. The lowest BCUT2D eigenvalue weighted by molar-refractivity contribution is 0.0951. The maximum absolute atomic E-state index is 12.0. The number of nitrogens with zero attached hydrogens (tertiary/aromatic N) is 3. The highest BCUT2D eigenvalue weighted by Crippen LogP contribution is 2.15. The lowest BCUT2D eigenvalue weighted by Gasteiger charge is -2.07. The van der Waals surface area contributed by atoms with E-state index in [1.165, 1.54) is 0 Å². The number of hydrogen-bond donors (Lipinski definition) is 1. The summed E-state index contributed by atoms with van der Waals surface area (Å²) in [6.45, 7) is 1.27. The van der Waals surface area contributed by atoms with Gasteiger partial charge in [0.15, 0.2) is 0 Å². The van der Waals surface area contributed by atoms with Crippen molar-refractivity contribution in [2.24, 2.45) is 0 Å². The van der Waals surface area contributed by atoms with Gasteiger partial charge in [-0.2, -0.15) is 5.10 Å². The van der Waals surface area contributed by atoms with Crippen LogP contribution in [0.2, 0.25) is 0 Å². The Balaban J connectivity index is 1.62. The van der Waals surface area contributed by atoms with Crippen LogP contribution in [-0.2, 0) is 6.54 Å². The number of fused-ring (bicyclic) bond motifs is 1. The van der Waals surface area contributed by atoms with Crippen LogP contribution in [-0.4, -0.2) is 26.6 Å². The first-order chi connectivity index (χ1) is 9.75. The van der Waals surface area contributed by atoms with Gasteiger partial charge in [-0.1, -0.05) is 12.1 Å². The largest absolute Gasteiger partial charge is 0.350 e. The van der Waals surface area contributed by atoms with Crippen LogP contribution in [0.1, 0.15) is 10.4 Å². The van der Waals surface area contributed by atoms with Crippen molar-refractivity contribution < 1.29 is 4.79 Å². The standard InChI is InChI=1S/C14H13BrN4O/c15-12-4-2-1-3-11(12)14(20)16-7-8-18-9-10-19-13(18)5-6-17-19/h1-6,9-10H,7-8H2,(H,16,20). The Kier molecular flexibility index (Phi) is 3.56. The van der Waals surface area contributed by atoms with Gasteiger partial charge in [0.2, 0.25) is 0 Å². The van der Waals surface area contributed by atoms with Gasteiger partial charge in [0.1, 0.15) is 5.65 Å².